The van der Waals surface area contributed by atoms with Crippen LogP contribution in [0.3, 0.4) is 0 Å². The summed E-state index contributed by atoms with van der Waals surface area (Å²) in [6.07, 6.45) is 0.673. The van der Waals surface area contributed by atoms with Crippen LogP contribution in [0.15, 0.2) is 30.3 Å². The Morgan fingerprint density at radius 2 is 1.80 bits per heavy atom. The van der Waals surface area contributed by atoms with Gasteiger partial charge in [0.15, 0.2) is 9.84 Å². The summed E-state index contributed by atoms with van der Waals surface area (Å²) in [5.41, 5.74) is 1.12. The van der Waals surface area contributed by atoms with E-state index < -0.39 is 9.84 Å². The van der Waals surface area contributed by atoms with Crippen molar-refractivity contribution in [3.05, 3.63) is 35.9 Å². The maximum absolute atomic E-state index is 11.7. The van der Waals surface area contributed by atoms with Crippen LogP contribution < -0.4 is 0 Å². The Morgan fingerprint density at radius 1 is 1.20 bits per heavy atom. The van der Waals surface area contributed by atoms with Gasteiger partial charge in [-0.25, -0.2) is 8.42 Å². The first-order chi connectivity index (χ1) is 7.03. The number of hydrogen-bond donors (Lipinski definition) is 0. The fourth-order valence-electron chi connectivity index (χ4n) is 2.23. The number of hydrogen-bond acceptors (Lipinski definition) is 2. The zero-order valence-electron chi connectivity index (χ0n) is 9.05. The SMILES string of the molecule is CC(C)C1C(Cc2ccccc2)S1(=O)=O. The molecular formula is C12H16O2S. The van der Waals surface area contributed by atoms with Gasteiger partial charge in [-0.2, -0.15) is 0 Å². The van der Waals surface area contributed by atoms with Crippen LogP contribution in [-0.4, -0.2) is 18.9 Å². The second-order valence-electron chi connectivity index (χ2n) is 4.53. The third-order valence-corrected chi connectivity index (χ3v) is 5.65. The molecule has 0 spiro atoms. The van der Waals surface area contributed by atoms with E-state index in [1.807, 2.05) is 44.2 Å². The van der Waals surface area contributed by atoms with E-state index in [-0.39, 0.29) is 16.4 Å². The molecule has 0 radical (unpaired) electrons. The molecule has 0 aromatic heterocycles. The average Bonchev–Trinajstić information content (AvgIpc) is 2.70. The lowest BCUT2D eigenvalue weighted by Crippen LogP contribution is -2.04. The van der Waals surface area contributed by atoms with Crippen molar-refractivity contribution in [1.82, 2.24) is 0 Å². The minimum absolute atomic E-state index is 0.113. The molecule has 0 saturated carbocycles. The molecule has 2 nitrogen and oxygen atoms in total. The summed E-state index contributed by atoms with van der Waals surface area (Å²) >= 11 is 0. The second-order valence-corrected chi connectivity index (χ2v) is 6.85. The van der Waals surface area contributed by atoms with E-state index in [1.165, 1.54) is 0 Å². The molecule has 1 heterocycles. The van der Waals surface area contributed by atoms with E-state index in [0.29, 0.717) is 6.42 Å². The maximum atomic E-state index is 11.7. The van der Waals surface area contributed by atoms with Gasteiger partial charge in [-0.15, -0.1) is 0 Å². The zero-order valence-corrected chi connectivity index (χ0v) is 9.87. The Morgan fingerprint density at radius 3 is 2.27 bits per heavy atom. The molecule has 2 atom stereocenters. The van der Waals surface area contributed by atoms with Crippen molar-refractivity contribution in [1.29, 1.82) is 0 Å². The molecule has 1 aliphatic heterocycles. The third-order valence-electron chi connectivity index (χ3n) is 3.03. The Hall–Kier alpha value is -0.830. The molecule has 1 aliphatic rings. The predicted octanol–water partition coefficient (Wildman–Crippen LogP) is 2.05. The largest absolute Gasteiger partial charge is 0.228 e. The van der Waals surface area contributed by atoms with Gasteiger partial charge in [-0.3, -0.25) is 0 Å². The van der Waals surface area contributed by atoms with E-state index >= 15 is 0 Å². The molecule has 0 aliphatic carbocycles. The van der Waals surface area contributed by atoms with Crippen molar-refractivity contribution < 1.29 is 8.42 Å². The zero-order chi connectivity index (χ0) is 11.1. The topological polar surface area (TPSA) is 34.1 Å². The van der Waals surface area contributed by atoms with Crippen LogP contribution >= 0.6 is 0 Å². The van der Waals surface area contributed by atoms with Crippen molar-refractivity contribution in [2.24, 2.45) is 5.92 Å². The molecule has 3 heteroatoms. The van der Waals surface area contributed by atoms with Gasteiger partial charge in [0.05, 0.1) is 10.5 Å². The van der Waals surface area contributed by atoms with Gasteiger partial charge in [0.1, 0.15) is 0 Å². The molecule has 1 aromatic carbocycles. The highest BCUT2D eigenvalue weighted by Crippen LogP contribution is 2.40. The van der Waals surface area contributed by atoms with Crippen LogP contribution in [-0.2, 0) is 16.3 Å². The van der Waals surface area contributed by atoms with Gasteiger partial charge in [0, 0.05) is 0 Å². The third kappa shape index (κ3) is 1.93. The first-order valence-corrected chi connectivity index (χ1v) is 6.91. The summed E-state index contributed by atoms with van der Waals surface area (Å²) in [5, 5.41) is -0.252. The Bertz CT molecular complexity index is 434. The van der Waals surface area contributed by atoms with E-state index in [9.17, 15) is 8.42 Å². The lowest BCUT2D eigenvalue weighted by molar-refractivity contribution is 0.598. The Balaban J connectivity index is 2.11. The summed E-state index contributed by atoms with van der Waals surface area (Å²) in [7, 11) is -2.80. The molecule has 0 amide bonds. The van der Waals surface area contributed by atoms with E-state index in [1.54, 1.807) is 0 Å². The molecule has 0 bridgehead atoms. The van der Waals surface area contributed by atoms with Crippen molar-refractivity contribution >= 4 is 9.84 Å². The standard InChI is InChI=1S/C12H16O2S/c1-9(2)12-11(15(12,13)14)8-10-6-4-3-5-7-10/h3-7,9,11-12H,8H2,1-2H3. The minimum atomic E-state index is -2.80. The summed E-state index contributed by atoms with van der Waals surface area (Å²) < 4.78 is 23.3. The molecular weight excluding hydrogens is 208 g/mol. The molecule has 0 N–H and O–H groups in total. The summed E-state index contributed by atoms with van der Waals surface area (Å²) in [6, 6.07) is 9.84. The number of benzene rings is 1. The van der Waals surface area contributed by atoms with E-state index in [0.717, 1.165) is 5.56 Å². The summed E-state index contributed by atoms with van der Waals surface area (Å²) in [6.45, 7) is 3.96. The van der Waals surface area contributed by atoms with Gasteiger partial charge in [-0.05, 0) is 17.9 Å². The van der Waals surface area contributed by atoms with Gasteiger partial charge < -0.3 is 0 Å². The van der Waals surface area contributed by atoms with Gasteiger partial charge in [0.2, 0.25) is 0 Å². The smallest absolute Gasteiger partial charge is 0.159 e. The van der Waals surface area contributed by atoms with Gasteiger partial charge in [0.25, 0.3) is 0 Å². The fraction of sp³-hybridized carbons (Fsp3) is 0.500. The monoisotopic (exact) mass is 224 g/mol. The molecule has 1 saturated heterocycles. The van der Waals surface area contributed by atoms with Crippen molar-refractivity contribution in [3.8, 4) is 0 Å². The molecule has 1 fully saturated rings. The van der Waals surface area contributed by atoms with Crippen molar-refractivity contribution in [3.63, 3.8) is 0 Å². The van der Waals surface area contributed by atoms with Gasteiger partial charge in [-0.1, -0.05) is 44.2 Å². The predicted molar refractivity (Wildman–Crippen MR) is 61.5 cm³/mol. The van der Waals surface area contributed by atoms with Crippen LogP contribution in [0.2, 0.25) is 0 Å². The van der Waals surface area contributed by atoms with Gasteiger partial charge >= 0.3 is 0 Å². The normalized spacial score (nSPS) is 27.9. The molecule has 82 valence electrons. The molecule has 2 rings (SSSR count). The number of rotatable bonds is 3. The Kier molecular flexibility index (Phi) is 2.59. The van der Waals surface area contributed by atoms with Crippen molar-refractivity contribution in [2.75, 3.05) is 0 Å². The van der Waals surface area contributed by atoms with Crippen LogP contribution in [0.4, 0.5) is 0 Å². The highest BCUT2D eigenvalue weighted by Gasteiger charge is 2.57. The minimum Gasteiger partial charge on any atom is -0.228 e. The molecule has 15 heavy (non-hydrogen) atoms. The highest BCUT2D eigenvalue weighted by molar-refractivity contribution is 8.00. The van der Waals surface area contributed by atoms with Crippen LogP contribution in [0, 0.1) is 5.92 Å². The maximum Gasteiger partial charge on any atom is 0.159 e. The molecule has 1 aromatic rings. The first-order valence-electron chi connectivity index (χ1n) is 5.30. The quantitative estimate of drug-likeness (QED) is 0.736. The number of sulfone groups is 1. The fourth-order valence-corrected chi connectivity index (χ4v) is 4.79. The lowest BCUT2D eigenvalue weighted by atomic mass is 10.0. The van der Waals surface area contributed by atoms with Crippen LogP contribution in [0.25, 0.3) is 0 Å². The van der Waals surface area contributed by atoms with Crippen molar-refractivity contribution in [2.45, 2.75) is 30.8 Å². The van der Waals surface area contributed by atoms with E-state index in [2.05, 4.69) is 0 Å². The molecule has 2 unspecified atom stereocenters. The van der Waals surface area contributed by atoms with E-state index in [4.69, 9.17) is 0 Å². The average molecular weight is 224 g/mol. The summed E-state index contributed by atoms with van der Waals surface area (Å²) in [4.78, 5) is 0. The van der Waals surface area contributed by atoms with Crippen LogP contribution in [0.1, 0.15) is 19.4 Å². The van der Waals surface area contributed by atoms with Crippen LogP contribution in [0.5, 0.6) is 0 Å². The lowest BCUT2D eigenvalue weighted by Gasteiger charge is -1.99. The highest BCUT2D eigenvalue weighted by atomic mass is 32.2. The Labute approximate surface area is 91.2 Å². The second kappa shape index (κ2) is 3.63. The summed E-state index contributed by atoms with van der Waals surface area (Å²) in [5.74, 6) is 0.240. The first kappa shape index (κ1) is 10.7.